The van der Waals surface area contributed by atoms with Crippen molar-refractivity contribution in [3.63, 3.8) is 0 Å². The molecule has 1 aromatic heterocycles. The highest BCUT2D eigenvalue weighted by molar-refractivity contribution is 9.10. The summed E-state index contributed by atoms with van der Waals surface area (Å²) < 4.78 is 1.04. The Labute approximate surface area is 188 Å². The monoisotopic (exact) mass is 485 g/mol. The van der Waals surface area contributed by atoms with Gasteiger partial charge in [0.05, 0.1) is 18.4 Å². The molecule has 1 N–H and O–H groups in total. The number of imidazole rings is 1. The highest BCUT2D eigenvalue weighted by Crippen LogP contribution is 2.32. The lowest BCUT2D eigenvalue weighted by molar-refractivity contribution is 0.156. The van der Waals surface area contributed by atoms with Crippen molar-refractivity contribution >= 4 is 33.6 Å². The van der Waals surface area contributed by atoms with Crippen LogP contribution in [-0.2, 0) is 13.1 Å². The quantitative estimate of drug-likeness (QED) is 0.562. The van der Waals surface area contributed by atoms with Crippen LogP contribution < -0.4 is 0 Å². The van der Waals surface area contributed by atoms with E-state index >= 15 is 0 Å². The summed E-state index contributed by atoms with van der Waals surface area (Å²) >= 11 is 9.78. The van der Waals surface area contributed by atoms with Crippen molar-refractivity contribution in [2.24, 2.45) is 0 Å². The second-order valence-electron chi connectivity index (χ2n) is 7.83. The first-order valence-corrected chi connectivity index (χ1v) is 11.0. The number of carbonyl (C=O) groups is 1. The number of aromatic amines is 1. The Bertz CT molecular complexity index is 1100. The summed E-state index contributed by atoms with van der Waals surface area (Å²) in [7, 11) is 2.02. The third-order valence-electron chi connectivity index (χ3n) is 5.84. The summed E-state index contributed by atoms with van der Waals surface area (Å²) in [6.45, 7) is 2.34. The van der Waals surface area contributed by atoms with E-state index in [1.54, 1.807) is 0 Å². The van der Waals surface area contributed by atoms with Gasteiger partial charge in [0, 0.05) is 40.9 Å². The molecule has 8 heteroatoms. The van der Waals surface area contributed by atoms with E-state index in [4.69, 9.17) is 16.6 Å². The van der Waals surface area contributed by atoms with Gasteiger partial charge in [0.2, 0.25) is 0 Å². The average molecular weight is 487 g/mol. The maximum atomic E-state index is 13.2. The van der Waals surface area contributed by atoms with Crippen molar-refractivity contribution in [1.29, 1.82) is 0 Å². The molecule has 0 spiro atoms. The minimum Gasteiger partial charge on any atom is -0.347 e. The van der Waals surface area contributed by atoms with Crippen LogP contribution in [0, 0.1) is 0 Å². The van der Waals surface area contributed by atoms with Crippen LogP contribution in [0.25, 0.3) is 11.3 Å². The number of H-pyrrole nitrogens is 1. The third kappa shape index (κ3) is 3.51. The molecule has 2 aliphatic heterocycles. The number of amides is 2. The zero-order valence-corrected chi connectivity index (χ0v) is 18.8. The second kappa shape index (κ2) is 7.72. The molecule has 3 aromatic rings. The van der Waals surface area contributed by atoms with Crippen molar-refractivity contribution in [2.45, 2.75) is 19.1 Å². The normalized spacial score (nSPS) is 18.8. The number of likely N-dealkylation sites (N-methyl/N-ethyl adjacent to an activating group) is 1. The summed E-state index contributed by atoms with van der Waals surface area (Å²) in [4.78, 5) is 27.2. The van der Waals surface area contributed by atoms with E-state index in [1.165, 1.54) is 0 Å². The topological polar surface area (TPSA) is 55.5 Å². The van der Waals surface area contributed by atoms with E-state index in [-0.39, 0.29) is 12.1 Å². The summed E-state index contributed by atoms with van der Waals surface area (Å²) in [5.41, 5.74) is 4.15. The van der Waals surface area contributed by atoms with Gasteiger partial charge in [-0.25, -0.2) is 9.78 Å². The Hall–Kier alpha value is -2.35. The van der Waals surface area contributed by atoms with Gasteiger partial charge < -0.3 is 14.8 Å². The first kappa shape index (κ1) is 19.6. The molecule has 1 atom stereocenters. The number of fused-ring (bicyclic) bond motifs is 1. The number of urea groups is 1. The van der Waals surface area contributed by atoms with Gasteiger partial charge in [-0.15, -0.1) is 0 Å². The number of hydrogen-bond donors (Lipinski definition) is 1. The fraction of sp³-hybridized carbons (Fsp3) is 0.273. The molecule has 1 fully saturated rings. The Kier molecular flexibility index (Phi) is 5.05. The molecule has 2 aliphatic rings. The molecule has 1 saturated heterocycles. The van der Waals surface area contributed by atoms with E-state index in [0.29, 0.717) is 26.3 Å². The lowest BCUT2D eigenvalue weighted by atomic mass is 10.1. The lowest BCUT2D eigenvalue weighted by Crippen LogP contribution is -2.39. The second-order valence-corrected chi connectivity index (χ2v) is 9.15. The molecular formula is C22H21BrClN5O. The van der Waals surface area contributed by atoms with Crippen molar-refractivity contribution < 1.29 is 4.79 Å². The first-order valence-electron chi connectivity index (χ1n) is 9.81. The van der Waals surface area contributed by atoms with Gasteiger partial charge in [0.15, 0.2) is 0 Å². The van der Waals surface area contributed by atoms with Crippen LogP contribution >= 0.6 is 27.5 Å². The number of nitrogens with one attached hydrogen (secondary N) is 1. The van der Waals surface area contributed by atoms with Crippen LogP contribution in [0.2, 0.25) is 5.02 Å². The standard InChI is InChI=1S/C22H21BrClN5O/c1-27-13-29(22(30)28-10-15-3-2-4-18(24)17(15)11-28)12-20(27)21-25-9-19(26-21)14-5-7-16(23)8-6-14/h2-9,20H,10-13H2,1H3,(H,25,26). The summed E-state index contributed by atoms with van der Waals surface area (Å²) in [5.74, 6) is 0.874. The maximum Gasteiger partial charge on any atom is 0.321 e. The Morgan fingerprint density at radius 2 is 1.97 bits per heavy atom. The summed E-state index contributed by atoms with van der Waals surface area (Å²) in [5, 5.41) is 0.732. The van der Waals surface area contributed by atoms with Crippen LogP contribution in [0.3, 0.4) is 0 Å². The van der Waals surface area contributed by atoms with Crippen molar-refractivity contribution in [3.8, 4) is 11.3 Å². The molecule has 30 heavy (non-hydrogen) atoms. The number of aromatic nitrogens is 2. The molecule has 2 amide bonds. The first-order chi connectivity index (χ1) is 14.5. The molecule has 0 saturated carbocycles. The maximum absolute atomic E-state index is 13.2. The van der Waals surface area contributed by atoms with Crippen molar-refractivity contribution in [3.05, 3.63) is 75.1 Å². The number of halogens is 2. The molecule has 5 rings (SSSR count). The minimum absolute atomic E-state index is 0.0340. The molecular weight excluding hydrogens is 466 g/mol. The van der Waals surface area contributed by atoms with Gasteiger partial charge in [-0.1, -0.05) is 51.8 Å². The van der Waals surface area contributed by atoms with Crippen LogP contribution in [0.1, 0.15) is 23.0 Å². The molecule has 2 aromatic carbocycles. The highest BCUT2D eigenvalue weighted by atomic mass is 79.9. The van der Waals surface area contributed by atoms with Crippen LogP contribution in [0.4, 0.5) is 4.79 Å². The van der Waals surface area contributed by atoms with Gasteiger partial charge in [-0.2, -0.15) is 0 Å². The van der Waals surface area contributed by atoms with Crippen LogP contribution in [-0.4, -0.2) is 51.0 Å². The predicted octanol–water partition coefficient (Wildman–Crippen LogP) is 4.87. The highest BCUT2D eigenvalue weighted by Gasteiger charge is 2.37. The van der Waals surface area contributed by atoms with Gasteiger partial charge in [-0.3, -0.25) is 4.90 Å². The van der Waals surface area contributed by atoms with Gasteiger partial charge >= 0.3 is 6.03 Å². The number of benzene rings is 2. The zero-order chi connectivity index (χ0) is 20.8. The molecule has 0 aliphatic carbocycles. The van der Waals surface area contributed by atoms with E-state index < -0.39 is 0 Å². The Morgan fingerprint density at radius 1 is 1.17 bits per heavy atom. The number of nitrogens with zero attached hydrogens (tertiary/aromatic N) is 4. The summed E-state index contributed by atoms with van der Waals surface area (Å²) in [6.07, 6.45) is 1.93. The molecule has 154 valence electrons. The number of carbonyl (C=O) groups excluding carboxylic acids is 1. The van der Waals surface area contributed by atoms with E-state index in [0.717, 1.165) is 37.7 Å². The van der Waals surface area contributed by atoms with Gasteiger partial charge in [0.25, 0.3) is 0 Å². The SMILES string of the molecule is CN1CN(C(=O)N2Cc3cccc(Cl)c3C2)CC1c1nc(-c2ccc(Br)cc2)c[nH]1. The molecule has 3 heterocycles. The van der Waals surface area contributed by atoms with E-state index in [1.807, 2.05) is 65.5 Å². The number of hydrogen-bond acceptors (Lipinski definition) is 3. The lowest BCUT2D eigenvalue weighted by Gasteiger charge is -2.23. The van der Waals surface area contributed by atoms with Gasteiger partial charge in [-0.05, 0) is 36.4 Å². The number of rotatable bonds is 2. The van der Waals surface area contributed by atoms with Crippen molar-refractivity contribution in [2.75, 3.05) is 20.3 Å². The predicted molar refractivity (Wildman–Crippen MR) is 120 cm³/mol. The van der Waals surface area contributed by atoms with Crippen LogP contribution in [0.5, 0.6) is 0 Å². The largest absolute Gasteiger partial charge is 0.347 e. The molecule has 6 nitrogen and oxygen atoms in total. The van der Waals surface area contributed by atoms with E-state index in [9.17, 15) is 4.79 Å². The Morgan fingerprint density at radius 3 is 2.73 bits per heavy atom. The fourth-order valence-electron chi connectivity index (χ4n) is 4.20. The fourth-order valence-corrected chi connectivity index (χ4v) is 4.72. The molecule has 1 unspecified atom stereocenters. The molecule has 0 radical (unpaired) electrons. The zero-order valence-electron chi connectivity index (χ0n) is 16.5. The average Bonchev–Trinajstić information content (AvgIpc) is 3.46. The molecule has 0 bridgehead atoms. The minimum atomic E-state index is 0.0340. The third-order valence-corrected chi connectivity index (χ3v) is 6.72. The summed E-state index contributed by atoms with van der Waals surface area (Å²) in [6, 6.07) is 14.0. The smallest absolute Gasteiger partial charge is 0.321 e. The van der Waals surface area contributed by atoms with Gasteiger partial charge in [0.1, 0.15) is 5.82 Å². The Balaban J connectivity index is 1.29. The van der Waals surface area contributed by atoms with E-state index in [2.05, 4.69) is 25.8 Å². The van der Waals surface area contributed by atoms with Crippen molar-refractivity contribution in [1.82, 2.24) is 24.7 Å². The van der Waals surface area contributed by atoms with Crippen LogP contribution in [0.15, 0.2) is 53.1 Å².